The summed E-state index contributed by atoms with van der Waals surface area (Å²) in [6.45, 7) is 2.06. The van der Waals surface area contributed by atoms with Crippen LogP contribution in [0.1, 0.15) is 45.1 Å². The van der Waals surface area contributed by atoms with Crippen LogP contribution >= 0.6 is 11.3 Å². The van der Waals surface area contributed by atoms with Gasteiger partial charge in [-0.1, -0.05) is 12.1 Å². The Bertz CT molecular complexity index is 861. The van der Waals surface area contributed by atoms with Crippen molar-refractivity contribution >= 4 is 17.2 Å². The normalized spacial score (nSPS) is 14.3. The Hall–Kier alpha value is -2.47. The van der Waals surface area contributed by atoms with Gasteiger partial charge in [-0.3, -0.25) is 4.79 Å². The first-order valence-electron chi connectivity index (χ1n) is 8.47. The van der Waals surface area contributed by atoms with Crippen molar-refractivity contribution < 1.29 is 4.79 Å². The summed E-state index contributed by atoms with van der Waals surface area (Å²) < 4.78 is 1.72. The number of carbonyl (C=O) groups is 1. The van der Waals surface area contributed by atoms with Crippen LogP contribution < -0.4 is 0 Å². The van der Waals surface area contributed by atoms with E-state index in [1.165, 1.54) is 23.2 Å². The highest BCUT2D eigenvalue weighted by Gasteiger charge is 2.23. The van der Waals surface area contributed by atoms with Crippen molar-refractivity contribution in [1.29, 1.82) is 0 Å². The highest BCUT2D eigenvalue weighted by molar-refractivity contribution is 7.14. The van der Waals surface area contributed by atoms with Gasteiger partial charge in [-0.15, -0.1) is 11.3 Å². The molecule has 0 unspecified atom stereocenters. The standard InChI is InChI=1S/C19H20N4OS/c1-13(14-6-8-16(9-7-14)23-12-20-11-21-23)22(2)19(24)18-10-15-4-3-5-17(15)25-18/h6-13H,3-5H2,1-2H3/t13-/m0/s1. The molecule has 1 aliphatic rings. The number of carbonyl (C=O) groups excluding carboxylic acids is 1. The Balaban J connectivity index is 1.51. The molecule has 0 bridgehead atoms. The minimum atomic E-state index is 0.00855. The van der Waals surface area contributed by atoms with E-state index in [0.29, 0.717) is 0 Å². The Morgan fingerprint density at radius 3 is 2.76 bits per heavy atom. The van der Waals surface area contributed by atoms with E-state index in [9.17, 15) is 4.79 Å². The van der Waals surface area contributed by atoms with Crippen molar-refractivity contribution in [1.82, 2.24) is 19.7 Å². The molecule has 0 spiro atoms. The average Bonchev–Trinajstić information content (AvgIpc) is 3.36. The molecule has 3 aromatic rings. The number of thiophene rings is 1. The van der Waals surface area contributed by atoms with E-state index in [-0.39, 0.29) is 11.9 Å². The summed E-state index contributed by atoms with van der Waals surface area (Å²) in [5.74, 6) is 0.104. The second kappa shape index (κ2) is 6.44. The first-order valence-corrected chi connectivity index (χ1v) is 9.29. The van der Waals surface area contributed by atoms with E-state index < -0.39 is 0 Å². The van der Waals surface area contributed by atoms with E-state index in [4.69, 9.17) is 0 Å². The van der Waals surface area contributed by atoms with Crippen LogP contribution in [0.3, 0.4) is 0 Å². The number of nitrogens with zero attached hydrogens (tertiary/aromatic N) is 4. The predicted octanol–water partition coefficient (Wildman–Crippen LogP) is 3.65. The third kappa shape index (κ3) is 2.98. The maximum atomic E-state index is 12.8. The van der Waals surface area contributed by atoms with E-state index in [1.54, 1.807) is 22.3 Å². The van der Waals surface area contributed by atoms with Gasteiger partial charge >= 0.3 is 0 Å². The van der Waals surface area contributed by atoms with Crippen molar-refractivity contribution in [3.05, 3.63) is 63.9 Å². The lowest BCUT2D eigenvalue weighted by molar-refractivity contribution is 0.0747. The first kappa shape index (κ1) is 16.0. The van der Waals surface area contributed by atoms with Gasteiger partial charge in [-0.2, -0.15) is 5.10 Å². The minimum Gasteiger partial charge on any atom is -0.334 e. The largest absolute Gasteiger partial charge is 0.334 e. The fourth-order valence-electron chi connectivity index (χ4n) is 3.25. The van der Waals surface area contributed by atoms with Crippen molar-refractivity contribution in [2.75, 3.05) is 7.05 Å². The summed E-state index contributed by atoms with van der Waals surface area (Å²) in [5.41, 5.74) is 3.42. The molecule has 128 valence electrons. The van der Waals surface area contributed by atoms with Gasteiger partial charge in [0.15, 0.2) is 0 Å². The van der Waals surface area contributed by atoms with Gasteiger partial charge in [0.25, 0.3) is 5.91 Å². The molecule has 5 nitrogen and oxygen atoms in total. The first-order chi connectivity index (χ1) is 12.1. The summed E-state index contributed by atoms with van der Waals surface area (Å²) >= 11 is 1.66. The Kier molecular flexibility index (Phi) is 4.13. The molecule has 0 saturated heterocycles. The van der Waals surface area contributed by atoms with Crippen LogP contribution in [0.5, 0.6) is 0 Å². The maximum absolute atomic E-state index is 12.8. The molecule has 2 aromatic heterocycles. The van der Waals surface area contributed by atoms with Crippen LogP contribution in [0, 0.1) is 0 Å². The van der Waals surface area contributed by atoms with E-state index in [0.717, 1.165) is 29.0 Å². The molecule has 1 aromatic carbocycles. The number of amides is 1. The molecule has 2 heterocycles. The Morgan fingerprint density at radius 2 is 2.08 bits per heavy atom. The lowest BCUT2D eigenvalue weighted by Gasteiger charge is -2.25. The topological polar surface area (TPSA) is 51.0 Å². The van der Waals surface area contributed by atoms with E-state index in [1.807, 2.05) is 36.2 Å². The Labute approximate surface area is 150 Å². The van der Waals surface area contributed by atoms with Crippen molar-refractivity contribution in [2.45, 2.75) is 32.2 Å². The molecule has 0 fully saturated rings. The second-order valence-electron chi connectivity index (χ2n) is 6.44. The van der Waals surface area contributed by atoms with E-state index in [2.05, 4.69) is 23.1 Å². The summed E-state index contributed by atoms with van der Waals surface area (Å²) in [7, 11) is 1.88. The van der Waals surface area contributed by atoms with Gasteiger partial charge in [0.2, 0.25) is 0 Å². The van der Waals surface area contributed by atoms with Crippen LogP contribution in [-0.4, -0.2) is 32.6 Å². The highest BCUT2D eigenvalue weighted by atomic mass is 32.1. The van der Waals surface area contributed by atoms with Crippen LogP contribution in [0.15, 0.2) is 43.0 Å². The van der Waals surface area contributed by atoms with E-state index >= 15 is 0 Å². The van der Waals surface area contributed by atoms with Crippen LogP contribution in [0.2, 0.25) is 0 Å². The van der Waals surface area contributed by atoms with Gasteiger partial charge in [-0.25, -0.2) is 9.67 Å². The van der Waals surface area contributed by atoms with Crippen LogP contribution in [-0.2, 0) is 12.8 Å². The zero-order valence-corrected chi connectivity index (χ0v) is 15.2. The molecule has 0 N–H and O–H groups in total. The molecule has 1 aliphatic carbocycles. The zero-order chi connectivity index (χ0) is 17.4. The summed E-state index contributed by atoms with van der Waals surface area (Å²) in [5, 5.41) is 4.13. The van der Waals surface area contributed by atoms with Crippen molar-refractivity contribution in [3.8, 4) is 5.69 Å². The summed E-state index contributed by atoms with van der Waals surface area (Å²) in [4.78, 5) is 20.9. The molecule has 0 saturated carbocycles. The number of benzene rings is 1. The fraction of sp³-hybridized carbons (Fsp3) is 0.316. The number of aryl methyl sites for hydroxylation is 2. The lowest BCUT2D eigenvalue weighted by Crippen LogP contribution is -2.29. The van der Waals surface area contributed by atoms with Gasteiger partial charge in [0, 0.05) is 11.9 Å². The smallest absolute Gasteiger partial charge is 0.264 e. The van der Waals surface area contributed by atoms with Gasteiger partial charge < -0.3 is 4.90 Å². The molecular weight excluding hydrogens is 332 g/mol. The molecule has 6 heteroatoms. The molecule has 25 heavy (non-hydrogen) atoms. The van der Waals surface area contributed by atoms with Gasteiger partial charge in [0.1, 0.15) is 12.7 Å². The monoisotopic (exact) mass is 352 g/mol. The van der Waals surface area contributed by atoms with Gasteiger partial charge in [-0.05, 0) is 55.5 Å². The number of hydrogen-bond donors (Lipinski definition) is 0. The minimum absolute atomic E-state index is 0.00855. The molecule has 0 radical (unpaired) electrons. The average molecular weight is 352 g/mol. The van der Waals surface area contributed by atoms with Crippen molar-refractivity contribution in [2.24, 2.45) is 0 Å². The zero-order valence-electron chi connectivity index (χ0n) is 14.3. The second-order valence-corrected chi connectivity index (χ2v) is 7.57. The summed E-state index contributed by atoms with van der Waals surface area (Å²) in [6, 6.07) is 10.2. The summed E-state index contributed by atoms with van der Waals surface area (Å²) in [6.07, 6.45) is 6.64. The number of fused-ring (bicyclic) bond motifs is 1. The lowest BCUT2D eigenvalue weighted by atomic mass is 10.1. The maximum Gasteiger partial charge on any atom is 0.264 e. The van der Waals surface area contributed by atoms with Crippen molar-refractivity contribution in [3.63, 3.8) is 0 Å². The number of rotatable bonds is 4. The highest BCUT2D eigenvalue weighted by Crippen LogP contribution is 2.32. The fourth-order valence-corrected chi connectivity index (χ4v) is 4.49. The number of hydrogen-bond acceptors (Lipinski definition) is 4. The quantitative estimate of drug-likeness (QED) is 0.720. The van der Waals surface area contributed by atoms with Gasteiger partial charge in [0.05, 0.1) is 16.6 Å². The predicted molar refractivity (Wildman–Crippen MR) is 98.2 cm³/mol. The third-order valence-electron chi connectivity index (χ3n) is 4.92. The molecule has 4 rings (SSSR count). The third-order valence-corrected chi connectivity index (χ3v) is 6.14. The molecule has 0 aliphatic heterocycles. The molecular formula is C19H20N4OS. The molecule has 1 atom stereocenters. The molecule has 1 amide bonds. The van der Waals surface area contributed by atoms with Crippen LogP contribution in [0.25, 0.3) is 5.69 Å². The van der Waals surface area contributed by atoms with Crippen LogP contribution in [0.4, 0.5) is 0 Å². The Morgan fingerprint density at radius 1 is 1.28 bits per heavy atom. The SMILES string of the molecule is C[C@@H](c1ccc(-n2cncn2)cc1)N(C)C(=O)c1cc2c(s1)CCC2. The number of aromatic nitrogens is 3.